The molecule has 18 heavy (non-hydrogen) atoms. The van der Waals surface area contributed by atoms with Crippen LogP contribution in [-0.4, -0.2) is 20.3 Å². The fourth-order valence-electron chi connectivity index (χ4n) is 1.52. The molecular formula is C13H20ClNO2S. The molecule has 0 bridgehead atoms. The number of rotatable bonds is 6. The smallest absolute Gasteiger partial charge is 0.211 e. The molecule has 0 aromatic heterocycles. The Labute approximate surface area is 115 Å². The zero-order chi connectivity index (χ0) is 13.8. The van der Waals surface area contributed by atoms with Gasteiger partial charge in [0.1, 0.15) is 0 Å². The summed E-state index contributed by atoms with van der Waals surface area (Å²) in [5, 5.41) is 0.0208. The van der Waals surface area contributed by atoms with Crippen LogP contribution in [0.5, 0.6) is 0 Å². The Balaban J connectivity index is 2.71. The highest BCUT2D eigenvalue weighted by Gasteiger charge is 2.14. The van der Waals surface area contributed by atoms with Gasteiger partial charge in [0.05, 0.1) is 4.90 Å². The van der Waals surface area contributed by atoms with Crippen molar-refractivity contribution in [3.63, 3.8) is 0 Å². The van der Waals surface area contributed by atoms with Crippen molar-refractivity contribution < 1.29 is 8.42 Å². The predicted octanol–water partition coefficient (Wildman–Crippen LogP) is 2.99. The molecule has 1 atom stereocenters. The van der Waals surface area contributed by atoms with Gasteiger partial charge in [0, 0.05) is 11.9 Å². The molecule has 0 aliphatic carbocycles. The zero-order valence-electron chi connectivity index (χ0n) is 11.0. The van der Waals surface area contributed by atoms with Crippen molar-refractivity contribution in [1.82, 2.24) is 4.72 Å². The molecule has 0 radical (unpaired) electrons. The Morgan fingerprint density at radius 3 is 2.50 bits per heavy atom. The van der Waals surface area contributed by atoms with Gasteiger partial charge in [-0.15, -0.1) is 11.6 Å². The van der Waals surface area contributed by atoms with Crippen molar-refractivity contribution in [2.75, 3.05) is 6.54 Å². The number of halogens is 1. The van der Waals surface area contributed by atoms with Gasteiger partial charge in [-0.2, -0.15) is 0 Å². The van der Waals surface area contributed by atoms with Crippen LogP contribution in [0.4, 0.5) is 0 Å². The minimum atomic E-state index is -3.41. The molecule has 3 nitrogen and oxygen atoms in total. The van der Waals surface area contributed by atoms with Crippen LogP contribution < -0.4 is 4.72 Å². The van der Waals surface area contributed by atoms with E-state index in [4.69, 9.17) is 11.6 Å². The highest BCUT2D eigenvalue weighted by atomic mass is 35.5. The second kappa shape index (κ2) is 6.55. The van der Waals surface area contributed by atoms with Crippen molar-refractivity contribution in [3.05, 3.63) is 29.3 Å². The maximum atomic E-state index is 12.0. The van der Waals surface area contributed by atoms with Gasteiger partial charge < -0.3 is 0 Å². The maximum absolute atomic E-state index is 12.0. The first-order valence-electron chi connectivity index (χ1n) is 6.07. The lowest BCUT2D eigenvalue weighted by Gasteiger charge is -2.10. The molecule has 0 spiro atoms. The first-order valence-corrected chi connectivity index (χ1v) is 7.99. The average molecular weight is 290 g/mol. The summed E-state index contributed by atoms with van der Waals surface area (Å²) in [5.41, 5.74) is 2.06. The van der Waals surface area contributed by atoms with E-state index >= 15 is 0 Å². The fraction of sp³-hybridized carbons (Fsp3) is 0.538. The van der Waals surface area contributed by atoms with Crippen LogP contribution in [0.15, 0.2) is 23.1 Å². The summed E-state index contributed by atoms with van der Waals surface area (Å²) in [6, 6.07) is 5.14. The molecule has 1 rings (SSSR count). The van der Waals surface area contributed by atoms with Crippen LogP contribution in [0.1, 0.15) is 30.9 Å². The molecule has 1 unspecified atom stereocenters. The van der Waals surface area contributed by atoms with E-state index in [1.165, 1.54) is 0 Å². The van der Waals surface area contributed by atoms with Gasteiger partial charge in [-0.25, -0.2) is 13.1 Å². The molecule has 5 heteroatoms. The van der Waals surface area contributed by atoms with Crippen LogP contribution in [0.3, 0.4) is 0 Å². The summed E-state index contributed by atoms with van der Waals surface area (Å²) in [5.74, 6) is 0. The molecule has 0 aliphatic rings. The highest BCUT2D eigenvalue weighted by molar-refractivity contribution is 7.89. The van der Waals surface area contributed by atoms with Crippen LogP contribution >= 0.6 is 11.6 Å². The maximum Gasteiger partial charge on any atom is 0.240 e. The first kappa shape index (κ1) is 15.5. The van der Waals surface area contributed by atoms with E-state index in [2.05, 4.69) is 4.72 Å². The lowest BCUT2D eigenvalue weighted by Crippen LogP contribution is -2.26. The molecular weight excluding hydrogens is 270 g/mol. The van der Waals surface area contributed by atoms with Crippen molar-refractivity contribution in [2.45, 2.75) is 43.9 Å². The van der Waals surface area contributed by atoms with Gasteiger partial charge in [0.25, 0.3) is 0 Å². The summed E-state index contributed by atoms with van der Waals surface area (Å²) in [7, 11) is -3.41. The monoisotopic (exact) mass is 289 g/mol. The number of nitrogens with one attached hydrogen (secondary N) is 1. The third-order valence-electron chi connectivity index (χ3n) is 2.98. The van der Waals surface area contributed by atoms with Gasteiger partial charge in [-0.1, -0.05) is 13.0 Å². The van der Waals surface area contributed by atoms with Gasteiger partial charge in [0.2, 0.25) is 10.0 Å². The minimum Gasteiger partial charge on any atom is -0.211 e. The summed E-state index contributed by atoms with van der Waals surface area (Å²) in [6.45, 7) is 6.21. The average Bonchev–Trinajstić information content (AvgIpc) is 2.32. The van der Waals surface area contributed by atoms with Crippen LogP contribution in [-0.2, 0) is 10.0 Å². The minimum absolute atomic E-state index is 0.0208. The summed E-state index contributed by atoms with van der Waals surface area (Å²) >= 11 is 5.95. The Kier molecular flexibility index (Phi) is 5.63. The topological polar surface area (TPSA) is 46.2 Å². The molecule has 0 saturated carbocycles. The van der Waals surface area contributed by atoms with E-state index < -0.39 is 10.0 Å². The molecule has 0 saturated heterocycles. The molecule has 0 heterocycles. The van der Waals surface area contributed by atoms with E-state index in [1.54, 1.807) is 12.1 Å². The third kappa shape index (κ3) is 4.26. The van der Waals surface area contributed by atoms with E-state index in [0.29, 0.717) is 17.9 Å². The van der Waals surface area contributed by atoms with E-state index in [9.17, 15) is 8.42 Å². The molecule has 1 aromatic rings. The van der Waals surface area contributed by atoms with Gasteiger partial charge in [0.15, 0.2) is 0 Å². The second-order valence-corrected chi connectivity index (χ2v) is 6.82. The number of sulfonamides is 1. The Morgan fingerprint density at radius 2 is 1.94 bits per heavy atom. The fourth-order valence-corrected chi connectivity index (χ4v) is 2.76. The van der Waals surface area contributed by atoms with Gasteiger partial charge >= 0.3 is 0 Å². The van der Waals surface area contributed by atoms with Crippen molar-refractivity contribution in [2.24, 2.45) is 0 Å². The van der Waals surface area contributed by atoms with Crippen LogP contribution in [0.2, 0.25) is 0 Å². The summed E-state index contributed by atoms with van der Waals surface area (Å²) < 4.78 is 26.6. The Bertz CT molecular complexity index is 500. The number of hydrogen-bond donors (Lipinski definition) is 1. The molecule has 1 N–H and O–H groups in total. The number of hydrogen-bond acceptors (Lipinski definition) is 2. The van der Waals surface area contributed by atoms with Gasteiger partial charge in [-0.05, 0) is 49.9 Å². The van der Waals surface area contributed by atoms with Crippen LogP contribution in [0, 0.1) is 13.8 Å². The molecule has 1 aromatic carbocycles. The quantitative estimate of drug-likeness (QED) is 0.818. The Hall–Kier alpha value is -0.580. The van der Waals surface area contributed by atoms with Crippen molar-refractivity contribution in [3.8, 4) is 0 Å². The normalized spacial score (nSPS) is 13.6. The lowest BCUT2D eigenvalue weighted by molar-refractivity contribution is 0.576. The SMILES string of the molecule is CCC(Cl)CCNS(=O)(=O)c1ccc(C)c(C)c1. The van der Waals surface area contributed by atoms with Crippen molar-refractivity contribution in [1.29, 1.82) is 0 Å². The van der Waals surface area contributed by atoms with Crippen molar-refractivity contribution >= 4 is 21.6 Å². The summed E-state index contributed by atoms with van der Waals surface area (Å²) in [6.07, 6.45) is 1.48. The largest absolute Gasteiger partial charge is 0.240 e. The molecule has 0 fully saturated rings. The first-order chi connectivity index (χ1) is 8.36. The standard InChI is InChI=1S/C13H20ClNO2S/c1-4-12(14)7-8-15-18(16,17)13-6-5-10(2)11(3)9-13/h5-6,9,12,15H,4,7-8H2,1-3H3. The molecule has 0 amide bonds. The molecule has 102 valence electrons. The molecule has 0 aliphatic heterocycles. The summed E-state index contributed by atoms with van der Waals surface area (Å²) in [4.78, 5) is 0.313. The second-order valence-electron chi connectivity index (χ2n) is 4.44. The Morgan fingerprint density at radius 1 is 1.28 bits per heavy atom. The number of aryl methyl sites for hydroxylation is 2. The predicted molar refractivity (Wildman–Crippen MR) is 75.7 cm³/mol. The van der Waals surface area contributed by atoms with E-state index in [1.807, 2.05) is 26.8 Å². The number of alkyl halides is 1. The van der Waals surface area contributed by atoms with Crippen LogP contribution in [0.25, 0.3) is 0 Å². The zero-order valence-corrected chi connectivity index (χ0v) is 12.6. The van der Waals surface area contributed by atoms with E-state index in [-0.39, 0.29) is 5.38 Å². The number of benzene rings is 1. The van der Waals surface area contributed by atoms with Gasteiger partial charge in [-0.3, -0.25) is 0 Å². The van der Waals surface area contributed by atoms with E-state index in [0.717, 1.165) is 17.5 Å². The third-order valence-corrected chi connectivity index (χ3v) is 4.97. The lowest BCUT2D eigenvalue weighted by atomic mass is 10.1. The highest BCUT2D eigenvalue weighted by Crippen LogP contribution is 2.14.